The van der Waals surface area contributed by atoms with Crippen molar-refractivity contribution in [2.75, 3.05) is 0 Å². The summed E-state index contributed by atoms with van der Waals surface area (Å²) in [5.41, 5.74) is 0.00988. The summed E-state index contributed by atoms with van der Waals surface area (Å²) in [6.45, 7) is 0. The van der Waals surface area contributed by atoms with E-state index in [0.29, 0.717) is 5.39 Å². The number of rotatable bonds is 0. The van der Waals surface area contributed by atoms with Crippen molar-refractivity contribution < 1.29 is 0 Å². The van der Waals surface area contributed by atoms with Gasteiger partial charge in [-0.25, -0.2) is 0 Å². The second kappa shape index (κ2) is 3.51. The molecule has 2 aromatic rings. The van der Waals surface area contributed by atoms with Crippen molar-refractivity contribution in [1.82, 2.24) is 4.57 Å². The van der Waals surface area contributed by atoms with Crippen molar-refractivity contribution >= 4 is 42.6 Å². The van der Waals surface area contributed by atoms with Crippen LogP contribution < -0.4 is 5.56 Å². The van der Waals surface area contributed by atoms with E-state index in [-0.39, 0.29) is 5.56 Å². The Kier molecular flexibility index (Phi) is 2.49. The highest BCUT2D eigenvalue weighted by Crippen LogP contribution is 2.27. The first-order valence-corrected chi connectivity index (χ1v) is 5.63. The molecular weight excluding hydrogens is 310 g/mol. The number of hydrogen-bond acceptors (Lipinski definition) is 1. The Morgan fingerprint density at radius 2 is 1.79 bits per heavy atom. The van der Waals surface area contributed by atoms with Gasteiger partial charge in [0.1, 0.15) is 0 Å². The molecule has 2 rings (SSSR count). The number of benzene rings is 1. The van der Waals surface area contributed by atoms with Crippen LogP contribution in [0.25, 0.3) is 10.8 Å². The fourth-order valence-corrected chi connectivity index (χ4v) is 2.36. The molecule has 0 aliphatic rings. The maximum atomic E-state index is 11.8. The van der Waals surface area contributed by atoms with Crippen molar-refractivity contribution in [1.29, 1.82) is 0 Å². The number of nitrogens with zero attached hydrogens (tertiary/aromatic N) is 1. The average molecular weight is 317 g/mol. The van der Waals surface area contributed by atoms with E-state index in [1.54, 1.807) is 17.8 Å². The van der Waals surface area contributed by atoms with E-state index in [0.717, 1.165) is 14.3 Å². The van der Waals surface area contributed by atoms with Crippen LogP contribution in [0.5, 0.6) is 0 Å². The molecule has 0 spiro atoms. The molecule has 2 nitrogen and oxygen atoms in total. The summed E-state index contributed by atoms with van der Waals surface area (Å²) in [6, 6.07) is 5.71. The molecule has 0 aliphatic carbocycles. The van der Waals surface area contributed by atoms with E-state index >= 15 is 0 Å². The molecule has 0 aliphatic heterocycles. The predicted molar refractivity (Wildman–Crippen MR) is 64.6 cm³/mol. The maximum absolute atomic E-state index is 11.8. The van der Waals surface area contributed by atoms with Crippen molar-refractivity contribution in [3.63, 3.8) is 0 Å². The lowest BCUT2D eigenvalue weighted by atomic mass is 10.2. The summed E-state index contributed by atoms with van der Waals surface area (Å²) < 4.78 is 3.34. The first-order valence-electron chi connectivity index (χ1n) is 4.04. The molecular formula is C10H7Br2NO. The Morgan fingerprint density at radius 1 is 1.14 bits per heavy atom. The summed E-state index contributed by atoms with van der Waals surface area (Å²) in [4.78, 5) is 11.8. The van der Waals surface area contributed by atoms with E-state index in [2.05, 4.69) is 31.9 Å². The lowest BCUT2D eigenvalue weighted by Crippen LogP contribution is -2.15. The van der Waals surface area contributed by atoms with Crippen LogP contribution in [0.1, 0.15) is 0 Å². The minimum Gasteiger partial charge on any atom is -0.318 e. The number of aromatic nitrogens is 1. The van der Waals surface area contributed by atoms with Crippen molar-refractivity contribution in [3.8, 4) is 0 Å². The van der Waals surface area contributed by atoms with Gasteiger partial charge >= 0.3 is 0 Å². The fourth-order valence-electron chi connectivity index (χ4n) is 1.38. The molecule has 0 unspecified atom stereocenters. The summed E-state index contributed by atoms with van der Waals surface area (Å²) in [5.74, 6) is 0. The van der Waals surface area contributed by atoms with E-state index in [4.69, 9.17) is 0 Å². The van der Waals surface area contributed by atoms with Crippen LogP contribution in [0.3, 0.4) is 0 Å². The topological polar surface area (TPSA) is 22.0 Å². The van der Waals surface area contributed by atoms with Crippen LogP contribution in [-0.2, 0) is 7.05 Å². The van der Waals surface area contributed by atoms with Crippen molar-refractivity contribution in [3.05, 3.63) is 43.7 Å². The van der Waals surface area contributed by atoms with Crippen LogP contribution in [0.2, 0.25) is 0 Å². The fraction of sp³-hybridized carbons (Fsp3) is 0.100. The third-order valence-corrected chi connectivity index (χ3v) is 3.49. The van der Waals surface area contributed by atoms with E-state index in [1.165, 1.54) is 0 Å². The normalized spacial score (nSPS) is 10.8. The summed E-state index contributed by atoms with van der Waals surface area (Å²) >= 11 is 6.80. The van der Waals surface area contributed by atoms with Gasteiger partial charge in [-0.2, -0.15) is 0 Å². The number of pyridine rings is 1. The Balaban J connectivity index is 3.09. The number of aryl methyl sites for hydroxylation is 1. The molecule has 14 heavy (non-hydrogen) atoms. The van der Waals surface area contributed by atoms with Crippen molar-refractivity contribution in [2.24, 2.45) is 7.05 Å². The Labute approximate surface area is 97.8 Å². The van der Waals surface area contributed by atoms with Gasteiger partial charge in [-0.05, 0) is 34.1 Å². The molecule has 0 bridgehead atoms. The highest BCUT2D eigenvalue weighted by molar-refractivity contribution is 9.11. The zero-order valence-electron chi connectivity index (χ0n) is 7.42. The monoisotopic (exact) mass is 315 g/mol. The standard InChI is InChI=1S/C10H7Br2NO/c1-13-5-4-6-7(11)2-3-8(12)9(6)10(13)14/h2-5H,1H3. The SMILES string of the molecule is Cn1ccc2c(Br)ccc(Br)c2c1=O. The van der Waals surface area contributed by atoms with E-state index in [1.807, 2.05) is 18.2 Å². The van der Waals surface area contributed by atoms with Crippen LogP contribution >= 0.6 is 31.9 Å². The van der Waals surface area contributed by atoms with Gasteiger partial charge in [0.2, 0.25) is 0 Å². The number of fused-ring (bicyclic) bond motifs is 1. The lowest BCUT2D eigenvalue weighted by Gasteiger charge is -2.04. The second-order valence-corrected chi connectivity index (χ2v) is 4.76. The molecule has 1 heterocycles. The third-order valence-electron chi connectivity index (χ3n) is 2.14. The maximum Gasteiger partial charge on any atom is 0.259 e. The Morgan fingerprint density at radius 3 is 2.50 bits per heavy atom. The van der Waals surface area contributed by atoms with Gasteiger partial charge in [0.05, 0.1) is 5.39 Å². The Bertz CT molecular complexity index is 560. The molecule has 0 N–H and O–H groups in total. The van der Waals surface area contributed by atoms with Crippen LogP contribution in [0, 0.1) is 0 Å². The number of halogens is 2. The minimum absolute atomic E-state index is 0.00988. The zero-order valence-corrected chi connectivity index (χ0v) is 10.6. The van der Waals surface area contributed by atoms with E-state index in [9.17, 15) is 4.79 Å². The van der Waals surface area contributed by atoms with Gasteiger partial charge in [0.15, 0.2) is 0 Å². The van der Waals surface area contributed by atoms with Crippen LogP contribution in [0.15, 0.2) is 38.1 Å². The van der Waals surface area contributed by atoms with Gasteiger partial charge in [0.25, 0.3) is 5.56 Å². The average Bonchev–Trinajstić information content (AvgIpc) is 2.16. The van der Waals surface area contributed by atoms with Crippen LogP contribution in [0.4, 0.5) is 0 Å². The first-order chi connectivity index (χ1) is 6.61. The smallest absolute Gasteiger partial charge is 0.259 e. The summed E-state index contributed by atoms with van der Waals surface area (Å²) in [7, 11) is 1.75. The molecule has 0 atom stereocenters. The van der Waals surface area contributed by atoms with E-state index < -0.39 is 0 Å². The number of hydrogen-bond donors (Lipinski definition) is 0. The largest absolute Gasteiger partial charge is 0.318 e. The molecule has 0 fully saturated rings. The molecule has 0 radical (unpaired) electrons. The molecule has 0 saturated heterocycles. The third kappa shape index (κ3) is 1.42. The lowest BCUT2D eigenvalue weighted by molar-refractivity contribution is 0.872. The van der Waals surface area contributed by atoms with Gasteiger partial charge in [0, 0.05) is 27.6 Å². The molecule has 4 heteroatoms. The molecule has 1 aromatic carbocycles. The Hall–Kier alpha value is -0.610. The first kappa shape index (κ1) is 9.93. The molecule has 0 amide bonds. The second-order valence-electron chi connectivity index (χ2n) is 3.05. The molecule has 72 valence electrons. The summed E-state index contributed by atoms with van der Waals surface area (Å²) in [5, 5.41) is 1.65. The molecule has 0 saturated carbocycles. The van der Waals surface area contributed by atoms with Gasteiger partial charge in [-0.1, -0.05) is 15.9 Å². The highest BCUT2D eigenvalue weighted by Gasteiger charge is 2.06. The minimum atomic E-state index is 0.00988. The summed E-state index contributed by atoms with van der Waals surface area (Å²) in [6.07, 6.45) is 1.77. The zero-order chi connectivity index (χ0) is 10.3. The van der Waals surface area contributed by atoms with Gasteiger partial charge < -0.3 is 4.57 Å². The quantitative estimate of drug-likeness (QED) is 0.732. The van der Waals surface area contributed by atoms with Gasteiger partial charge in [-0.15, -0.1) is 0 Å². The highest BCUT2D eigenvalue weighted by atomic mass is 79.9. The predicted octanol–water partition coefficient (Wildman–Crippen LogP) is 3.06. The van der Waals surface area contributed by atoms with Gasteiger partial charge in [-0.3, -0.25) is 4.79 Å². The van der Waals surface area contributed by atoms with Crippen LogP contribution in [-0.4, -0.2) is 4.57 Å². The van der Waals surface area contributed by atoms with Crippen molar-refractivity contribution in [2.45, 2.75) is 0 Å². The molecule has 1 aromatic heterocycles.